The van der Waals surface area contributed by atoms with Crippen LogP contribution in [0.25, 0.3) is 22.3 Å². The van der Waals surface area contributed by atoms with Crippen molar-refractivity contribution in [3.8, 4) is 11.3 Å². The molecule has 2 N–H and O–H groups in total. The summed E-state index contributed by atoms with van der Waals surface area (Å²) in [5, 5.41) is 0. The van der Waals surface area contributed by atoms with E-state index in [9.17, 15) is 8.78 Å². The quantitative estimate of drug-likeness (QED) is 0.737. The molecule has 20 heavy (non-hydrogen) atoms. The normalized spacial score (nSPS) is 10.9. The summed E-state index contributed by atoms with van der Waals surface area (Å²) in [6.07, 6.45) is 0. The zero-order chi connectivity index (χ0) is 14.3. The van der Waals surface area contributed by atoms with Crippen LogP contribution in [0, 0.1) is 18.6 Å². The molecule has 0 bridgehead atoms. The summed E-state index contributed by atoms with van der Waals surface area (Å²) in [5.74, 6) is -1.18. The summed E-state index contributed by atoms with van der Waals surface area (Å²) in [6, 6.07) is 9.39. The molecule has 0 atom stereocenters. The first-order valence-electron chi connectivity index (χ1n) is 6.04. The number of nitrogen functional groups attached to an aromatic ring is 1. The maximum absolute atomic E-state index is 13.9. The third kappa shape index (κ3) is 1.97. The van der Waals surface area contributed by atoms with Gasteiger partial charge in [0.05, 0.1) is 11.0 Å². The van der Waals surface area contributed by atoms with Gasteiger partial charge in [-0.15, -0.1) is 0 Å². The van der Waals surface area contributed by atoms with Gasteiger partial charge in [0.25, 0.3) is 0 Å². The lowest BCUT2D eigenvalue weighted by atomic mass is 10.1. The summed E-state index contributed by atoms with van der Waals surface area (Å²) in [6.45, 7) is 1.56. The molecule has 1 heterocycles. The number of hydrogen-bond acceptors (Lipinski definition) is 3. The van der Waals surface area contributed by atoms with Crippen LogP contribution in [0.2, 0.25) is 0 Å². The monoisotopic (exact) mass is 271 g/mol. The van der Waals surface area contributed by atoms with Crippen molar-refractivity contribution in [1.29, 1.82) is 0 Å². The van der Waals surface area contributed by atoms with E-state index in [1.807, 2.05) is 12.1 Å². The number of nitrogens with two attached hydrogens (primary N) is 1. The van der Waals surface area contributed by atoms with Gasteiger partial charge in [0, 0.05) is 11.6 Å². The van der Waals surface area contributed by atoms with E-state index in [-0.39, 0.29) is 17.1 Å². The van der Waals surface area contributed by atoms with Gasteiger partial charge in [-0.25, -0.2) is 18.7 Å². The Kier molecular flexibility index (Phi) is 2.82. The van der Waals surface area contributed by atoms with Crippen LogP contribution < -0.4 is 5.73 Å². The van der Waals surface area contributed by atoms with Crippen molar-refractivity contribution in [2.75, 3.05) is 5.73 Å². The molecule has 0 unspecified atom stereocenters. The molecule has 5 heteroatoms. The second-order valence-electron chi connectivity index (χ2n) is 4.53. The number of para-hydroxylation sites is 2. The minimum Gasteiger partial charge on any atom is -0.382 e. The Morgan fingerprint density at radius 2 is 1.60 bits per heavy atom. The smallest absolute Gasteiger partial charge is 0.150 e. The van der Waals surface area contributed by atoms with Gasteiger partial charge < -0.3 is 5.73 Å². The van der Waals surface area contributed by atoms with E-state index in [1.54, 1.807) is 19.1 Å². The number of fused-ring (bicyclic) bond motifs is 1. The van der Waals surface area contributed by atoms with Crippen LogP contribution in [-0.4, -0.2) is 9.97 Å². The SMILES string of the molecule is Cc1cc(-c2nc3ccccc3nc2N)c(F)cc1F. The summed E-state index contributed by atoms with van der Waals surface area (Å²) in [4.78, 5) is 8.53. The van der Waals surface area contributed by atoms with Gasteiger partial charge in [-0.2, -0.15) is 0 Å². The number of benzene rings is 2. The molecule has 0 fully saturated rings. The number of halogens is 2. The molecule has 100 valence electrons. The number of hydrogen-bond donors (Lipinski definition) is 1. The van der Waals surface area contributed by atoms with E-state index in [4.69, 9.17) is 5.73 Å². The highest BCUT2D eigenvalue weighted by Gasteiger charge is 2.15. The second kappa shape index (κ2) is 4.52. The van der Waals surface area contributed by atoms with Gasteiger partial charge in [0.15, 0.2) is 5.82 Å². The minimum absolute atomic E-state index is 0.119. The summed E-state index contributed by atoms with van der Waals surface area (Å²) >= 11 is 0. The first kappa shape index (κ1) is 12.5. The largest absolute Gasteiger partial charge is 0.382 e. The molecule has 0 saturated heterocycles. The van der Waals surface area contributed by atoms with Crippen LogP contribution >= 0.6 is 0 Å². The Labute approximate surface area is 114 Å². The Hall–Kier alpha value is -2.56. The Bertz CT molecular complexity index is 816. The molecular weight excluding hydrogens is 260 g/mol. The summed E-state index contributed by atoms with van der Waals surface area (Å²) < 4.78 is 27.3. The number of nitrogens with zero attached hydrogens (tertiary/aromatic N) is 2. The highest BCUT2D eigenvalue weighted by Crippen LogP contribution is 2.28. The first-order chi connectivity index (χ1) is 9.56. The van der Waals surface area contributed by atoms with Crippen molar-refractivity contribution < 1.29 is 8.78 Å². The Balaban J connectivity index is 2.29. The van der Waals surface area contributed by atoms with Crippen molar-refractivity contribution in [3.05, 3.63) is 53.6 Å². The third-order valence-electron chi connectivity index (χ3n) is 3.10. The van der Waals surface area contributed by atoms with Crippen molar-refractivity contribution >= 4 is 16.9 Å². The molecule has 3 aromatic rings. The Morgan fingerprint density at radius 3 is 2.30 bits per heavy atom. The summed E-state index contributed by atoms with van der Waals surface area (Å²) in [7, 11) is 0. The Morgan fingerprint density at radius 1 is 0.950 bits per heavy atom. The standard InChI is InChI=1S/C15H11F2N3/c1-8-6-9(11(17)7-10(8)16)14-15(18)20-13-5-3-2-4-12(13)19-14/h2-7H,1H3,(H2,18,20). The average molecular weight is 271 g/mol. The van der Waals surface area contributed by atoms with Crippen LogP contribution in [0.1, 0.15) is 5.56 Å². The molecule has 3 rings (SSSR count). The van der Waals surface area contributed by atoms with E-state index in [1.165, 1.54) is 6.07 Å². The second-order valence-corrected chi connectivity index (χ2v) is 4.53. The minimum atomic E-state index is -0.704. The fourth-order valence-corrected chi connectivity index (χ4v) is 2.05. The zero-order valence-corrected chi connectivity index (χ0v) is 10.7. The van der Waals surface area contributed by atoms with Crippen LogP contribution in [0.5, 0.6) is 0 Å². The van der Waals surface area contributed by atoms with E-state index < -0.39 is 11.6 Å². The first-order valence-corrected chi connectivity index (χ1v) is 6.04. The molecule has 0 aliphatic rings. The highest BCUT2D eigenvalue weighted by atomic mass is 19.1. The number of rotatable bonds is 1. The van der Waals surface area contributed by atoms with Crippen LogP contribution in [0.3, 0.4) is 0 Å². The maximum Gasteiger partial charge on any atom is 0.150 e. The topological polar surface area (TPSA) is 51.8 Å². The van der Waals surface area contributed by atoms with Crippen LogP contribution in [0.15, 0.2) is 36.4 Å². The van der Waals surface area contributed by atoms with Crippen molar-refractivity contribution in [2.45, 2.75) is 6.92 Å². The predicted molar refractivity (Wildman–Crippen MR) is 74.0 cm³/mol. The molecule has 0 spiro atoms. The van der Waals surface area contributed by atoms with E-state index in [0.717, 1.165) is 6.07 Å². The van der Waals surface area contributed by atoms with Gasteiger partial charge in [0.2, 0.25) is 0 Å². The molecule has 1 aromatic heterocycles. The fourth-order valence-electron chi connectivity index (χ4n) is 2.05. The number of aryl methyl sites for hydroxylation is 1. The number of anilines is 1. The van der Waals surface area contributed by atoms with E-state index in [0.29, 0.717) is 16.6 Å². The van der Waals surface area contributed by atoms with Crippen LogP contribution in [0.4, 0.5) is 14.6 Å². The molecule has 3 nitrogen and oxygen atoms in total. The zero-order valence-electron chi connectivity index (χ0n) is 10.7. The lowest BCUT2D eigenvalue weighted by Gasteiger charge is -2.09. The molecule has 0 aliphatic heterocycles. The average Bonchev–Trinajstić information content (AvgIpc) is 2.42. The van der Waals surface area contributed by atoms with E-state index >= 15 is 0 Å². The highest BCUT2D eigenvalue weighted by molar-refractivity contribution is 5.82. The van der Waals surface area contributed by atoms with Crippen molar-refractivity contribution in [2.24, 2.45) is 0 Å². The van der Waals surface area contributed by atoms with Crippen molar-refractivity contribution in [3.63, 3.8) is 0 Å². The summed E-state index contributed by atoms with van der Waals surface area (Å²) in [5.41, 5.74) is 7.79. The van der Waals surface area contributed by atoms with E-state index in [2.05, 4.69) is 9.97 Å². The predicted octanol–water partition coefficient (Wildman–Crippen LogP) is 3.47. The van der Waals surface area contributed by atoms with Gasteiger partial charge >= 0.3 is 0 Å². The lowest BCUT2D eigenvalue weighted by Crippen LogP contribution is -2.01. The molecule has 0 saturated carbocycles. The molecular formula is C15H11F2N3. The van der Waals surface area contributed by atoms with Gasteiger partial charge in [0.1, 0.15) is 17.3 Å². The van der Waals surface area contributed by atoms with Crippen molar-refractivity contribution in [1.82, 2.24) is 9.97 Å². The lowest BCUT2D eigenvalue weighted by molar-refractivity contribution is 0.579. The fraction of sp³-hybridized carbons (Fsp3) is 0.0667. The third-order valence-corrected chi connectivity index (χ3v) is 3.10. The molecule has 0 radical (unpaired) electrons. The van der Waals surface area contributed by atoms with Gasteiger partial charge in [-0.1, -0.05) is 12.1 Å². The number of aromatic nitrogens is 2. The van der Waals surface area contributed by atoms with Gasteiger partial charge in [-0.05, 0) is 30.7 Å². The maximum atomic E-state index is 13.9. The van der Waals surface area contributed by atoms with Gasteiger partial charge in [-0.3, -0.25) is 0 Å². The molecule has 0 aliphatic carbocycles. The van der Waals surface area contributed by atoms with Crippen LogP contribution in [-0.2, 0) is 0 Å². The molecule has 0 amide bonds. The molecule has 2 aromatic carbocycles.